The molecule has 3 N–H and O–H groups in total. The van der Waals surface area contributed by atoms with Crippen molar-refractivity contribution in [2.45, 2.75) is 4.90 Å². The van der Waals surface area contributed by atoms with Crippen LogP contribution in [0.15, 0.2) is 83.8 Å². The van der Waals surface area contributed by atoms with Crippen LogP contribution in [0.3, 0.4) is 0 Å². The Hall–Kier alpha value is -2.79. The summed E-state index contributed by atoms with van der Waals surface area (Å²) in [5.41, 5.74) is 8.26. The van der Waals surface area contributed by atoms with Gasteiger partial charge in [0.2, 0.25) is 0 Å². The molecule has 0 spiro atoms. The minimum absolute atomic E-state index is 0.196. The second-order valence-corrected chi connectivity index (χ2v) is 6.74. The Morgan fingerprint density at radius 2 is 1.39 bits per heavy atom. The number of nitrogen functional groups attached to an aromatic ring is 1. The zero-order chi connectivity index (χ0) is 16.3. The molecule has 0 fully saturated rings. The van der Waals surface area contributed by atoms with Crippen molar-refractivity contribution in [1.82, 2.24) is 0 Å². The van der Waals surface area contributed by atoms with Gasteiger partial charge in [-0.25, -0.2) is 8.42 Å². The van der Waals surface area contributed by atoms with Gasteiger partial charge in [-0.2, -0.15) is 0 Å². The van der Waals surface area contributed by atoms with Gasteiger partial charge in [0.1, 0.15) is 0 Å². The minimum atomic E-state index is -3.71. The number of sulfonamides is 1. The van der Waals surface area contributed by atoms with Crippen molar-refractivity contribution in [2.75, 3.05) is 10.5 Å². The molecule has 0 amide bonds. The summed E-state index contributed by atoms with van der Waals surface area (Å²) in [6, 6.07) is 22.9. The Morgan fingerprint density at radius 3 is 2.04 bits per heavy atom. The van der Waals surface area contributed by atoms with E-state index < -0.39 is 10.0 Å². The van der Waals surface area contributed by atoms with Crippen LogP contribution in [0.25, 0.3) is 11.1 Å². The third kappa shape index (κ3) is 3.35. The Bertz CT molecular complexity index is 908. The molecule has 0 unspecified atom stereocenters. The number of rotatable bonds is 4. The molecule has 3 rings (SSSR count). The summed E-state index contributed by atoms with van der Waals surface area (Å²) in [6.07, 6.45) is 0. The molecule has 0 heterocycles. The Labute approximate surface area is 135 Å². The largest absolute Gasteiger partial charge is 0.399 e. The number of anilines is 2. The molecule has 0 radical (unpaired) electrons. The van der Waals surface area contributed by atoms with Gasteiger partial charge in [0, 0.05) is 16.9 Å². The van der Waals surface area contributed by atoms with Crippen molar-refractivity contribution < 1.29 is 8.42 Å². The fourth-order valence-electron chi connectivity index (χ4n) is 2.34. The van der Waals surface area contributed by atoms with Gasteiger partial charge in [0.05, 0.1) is 4.90 Å². The van der Waals surface area contributed by atoms with E-state index in [0.717, 1.165) is 5.56 Å². The van der Waals surface area contributed by atoms with Crippen molar-refractivity contribution in [1.29, 1.82) is 0 Å². The van der Waals surface area contributed by atoms with Crippen LogP contribution in [-0.2, 0) is 10.0 Å². The van der Waals surface area contributed by atoms with E-state index in [0.29, 0.717) is 16.9 Å². The van der Waals surface area contributed by atoms with Gasteiger partial charge in [0.25, 0.3) is 10.0 Å². The lowest BCUT2D eigenvalue weighted by Crippen LogP contribution is -2.14. The summed E-state index contributed by atoms with van der Waals surface area (Å²) < 4.78 is 28.1. The third-order valence-electron chi connectivity index (χ3n) is 3.40. The van der Waals surface area contributed by atoms with E-state index in [2.05, 4.69) is 4.72 Å². The fourth-order valence-corrected chi connectivity index (χ4v) is 3.61. The van der Waals surface area contributed by atoms with Crippen molar-refractivity contribution >= 4 is 21.4 Å². The lowest BCUT2D eigenvalue weighted by Gasteiger charge is -2.13. The monoisotopic (exact) mass is 324 g/mol. The molecule has 5 heteroatoms. The van der Waals surface area contributed by atoms with Gasteiger partial charge in [-0.05, 0) is 35.9 Å². The predicted molar refractivity (Wildman–Crippen MR) is 93.5 cm³/mol. The number of benzene rings is 3. The van der Waals surface area contributed by atoms with E-state index in [4.69, 9.17) is 5.73 Å². The molecular formula is C18H16N2O2S. The molecule has 0 aliphatic rings. The molecular weight excluding hydrogens is 308 g/mol. The molecule has 0 aromatic heterocycles. The van der Waals surface area contributed by atoms with Crippen molar-refractivity contribution in [3.63, 3.8) is 0 Å². The van der Waals surface area contributed by atoms with Crippen LogP contribution in [0.4, 0.5) is 11.4 Å². The zero-order valence-electron chi connectivity index (χ0n) is 12.3. The maximum Gasteiger partial charge on any atom is 0.262 e. The van der Waals surface area contributed by atoms with Crippen LogP contribution in [0.2, 0.25) is 0 Å². The van der Waals surface area contributed by atoms with E-state index in [1.54, 1.807) is 36.4 Å². The maximum atomic E-state index is 12.8. The highest BCUT2D eigenvalue weighted by atomic mass is 32.2. The average molecular weight is 324 g/mol. The standard InChI is InChI=1S/C18H16N2O2S/c19-15-11-12-18(17(13-15)14-7-3-1-4-8-14)23(21,22)20-16-9-5-2-6-10-16/h1-13,20H,19H2. The Morgan fingerprint density at radius 1 is 0.783 bits per heavy atom. The van der Waals surface area contributed by atoms with E-state index in [1.807, 2.05) is 36.4 Å². The summed E-state index contributed by atoms with van der Waals surface area (Å²) >= 11 is 0. The first-order chi connectivity index (χ1) is 11.1. The van der Waals surface area contributed by atoms with Gasteiger partial charge in [-0.1, -0.05) is 48.5 Å². The smallest absolute Gasteiger partial charge is 0.262 e. The van der Waals surface area contributed by atoms with Crippen LogP contribution in [0.1, 0.15) is 0 Å². The Kier molecular flexibility index (Phi) is 4.04. The fraction of sp³-hybridized carbons (Fsp3) is 0. The average Bonchev–Trinajstić information content (AvgIpc) is 2.56. The van der Waals surface area contributed by atoms with Crippen molar-refractivity contribution in [2.24, 2.45) is 0 Å². The first kappa shape index (κ1) is 15.1. The van der Waals surface area contributed by atoms with Gasteiger partial charge < -0.3 is 5.73 Å². The summed E-state index contributed by atoms with van der Waals surface area (Å²) in [7, 11) is -3.71. The van der Waals surface area contributed by atoms with Gasteiger partial charge in [-0.15, -0.1) is 0 Å². The molecule has 0 saturated heterocycles. The Balaban J connectivity index is 2.09. The van der Waals surface area contributed by atoms with E-state index in [1.165, 1.54) is 6.07 Å². The van der Waals surface area contributed by atoms with Crippen molar-refractivity contribution in [3.05, 3.63) is 78.9 Å². The molecule has 0 bridgehead atoms. The molecule has 116 valence electrons. The second-order valence-electron chi connectivity index (χ2n) is 5.09. The first-order valence-electron chi connectivity index (χ1n) is 7.09. The summed E-state index contributed by atoms with van der Waals surface area (Å²) in [5, 5.41) is 0. The highest BCUT2D eigenvalue weighted by molar-refractivity contribution is 7.92. The molecule has 3 aromatic carbocycles. The van der Waals surface area contributed by atoms with E-state index in [-0.39, 0.29) is 4.90 Å². The lowest BCUT2D eigenvalue weighted by molar-refractivity contribution is 0.601. The third-order valence-corrected chi connectivity index (χ3v) is 4.84. The number of hydrogen-bond acceptors (Lipinski definition) is 3. The molecule has 3 aromatic rings. The summed E-state index contributed by atoms with van der Waals surface area (Å²) in [6.45, 7) is 0. The minimum Gasteiger partial charge on any atom is -0.399 e. The summed E-state index contributed by atoms with van der Waals surface area (Å²) in [4.78, 5) is 0.196. The van der Waals surface area contributed by atoms with Crippen LogP contribution in [0.5, 0.6) is 0 Å². The van der Waals surface area contributed by atoms with Crippen LogP contribution in [0, 0.1) is 0 Å². The van der Waals surface area contributed by atoms with E-state index in [9.17, 15) is 8.42 Å². The molecule has 0 aliphatic carbocycles. The SMILES string of the molecule is Nc1ccc(S(=O)(=O)Nc2ccccc2)c(-c2ccccc2)c1. The van der Waals surface area contributed by atoms with Crippen LogP contribution >= 0.6 is 0 Å². The normalized spacial score (nSPS) is 11.1. The quantitative estimate of drug-likeness (QED) is 0.718. The van der Waals surface area contributed by atoms with Crippen LogP contribution < -0.4 is 10.5 Å². The maximum absolute atomic E-state index is 12.8. The van der Waals surface area contributed by atoms with Gasteiger partial charge >= 0.3 is 0 Å². The van der Waals surface area contributed by atoms with Gasteiger partial charge in [-0.3, -0.25) is 4.72 Å². The van der Waals surface area contributed by atoms with Gasteiger partial charge in [0.15, 0.2) is 0 Å². The number of hydrogen-bond donors (Lipinski definition) is 2. The molecule has 4 nitrogen and oxygen atoms in total. The summed E-state index contributed by atoms with van der Waals surface area (Å²) in [5.74, 6) is 0. The van der Waals surface area contributed by atoms with Crippen LogP contribution in [-0.4, -0.2) is 8.42 Å². The molecule has 0 atom stereocenters. The predicted octanol–water partition coefficient (Wildman–Crippen LogP) is 3.74. The number of nitrogens with two attached hydrogens (primary N) is 1. The first-order valence-corrected chi connectivity index (χ1v) is 8.57. The lowest BCUT2D eigenvalue weighted by atomic mass is 10.1. The highest BCUT2D eigenvalue weighted by Crippen LogP contribution is 2.30. The molecule has 0 aliphatic heterocycles. The second kappa shape index (κ2) is 6.14. The number of nitrogens with one attached hydrogen (secondary N) is 1. The number of para-hydroxylation sites is 1. The topological polar surface area (TPSA) is 72.2 Å². The van der Waals surface area contributed by atoms with E-state index >= 15 is 0 Å². The molecule has 23 heavy (non-hydrogen) atoms. The zero-order valence-corrected chi connectivity index (χ0v) is 13.1. The molecule has 0 saturated carbocycles. The highest BCUT2D eigenvalue weighted by Gasteiger charge is 2.19. The van der Waals surface area contributed by atoms with Crippen molar-refractivity contribution in [3.8, 4) is 11.1 Å².